The summed E-state index contributed by atoms with van der Waals surface area (Å²) in [6.45, 7) is 6.94. The number of aliphatic carboxylic acids is 1. The van der Waals surface area contributed by atoms with Gasteiger partial charge in [-0.3, -0.25) is 4.90 Å². The zero-order valence-electron chi connectivity index (χ0n) is 26.6. The number of urea groups is 1. The van der Waals surface area contributed by atoms with Crippen molar-refractivity contribution >= 4 is 35.1 Å². The smallest absolute Gasteiger partial charge is 0.416 e. The highest BCUT2D eigenvalue weighted by atomic mass is 32.2. The molecular formula is C35H37F3N4O4S2. The van der Waals surface area contributed by atoms with Crippen LogP contribution in [0.5, 0.6) is 5.75 Å². The van der Waals surface area contributed by atoms with Crippen molar-refractivity contribution < 1.29 is 32.6 Å². The van der Waals surface area contributed by atoms with E-state index in [-0.39, 0.29) is 6.03 Å². The highest BCUT2D eigenvalue weighted by molar-refractivity contribution is 7.98. The fraction of sp³-hybridized carbons (Fsp3) is 0.343. The van der Waals surface area contributed by atoms with E-state index in [0.29, 0.717) is 61.3 Å². The second-order valence-electron chi connectivity index (χ2n) is 11.5. The molecule has 48 heavy (non-hydrogen) atoms. The summed E-state index contributed by atoms with van der Waals surface area (Å²) in [5, 5.41) is 12.8. The molecule has 1 saturated heterocycles. The van der Waals surface area contributed by atoms with Gasteiger partial charge in [-0.2, -0.15) is 13.2 Å². The van der Waals surface area contributed by atoms with Crippen molar-refractivity contribution in [1.82, 2.24) is 20.1 Å². The molecule has 13 heteroatoms. The fourth-order valence-electron chi connectivity index (χ4n) is 5.17. The van der Waals surface area contributed by atoms with Gasteiger partial charge in [0.25, 0.3) is 0 Å². The number of aromatic nitrogens is 1. The van der Waals surface area contributed by atoms with E-state index in [2.05, 4.69) is 10.2 Å². The zero-order valence-corrected chi connectivity index (χ0v) is 28.3. The minimum atomic E-state index is -4.42. The summed E-state index contributed by atoms with van der Waals surface area (Å²) in [5.74, 6) is 0.0436. The van der Waals surface area contributed by atoms with Gasteiger partial charge in [-0.1, -0.05) is 42.5 Å². The van der Waals surface area contributed by atoms with Gasteiger partial charge in [-0.15, -0.1) is 23.1 Å². The van der Waals surface area contributed by atoms with Crippen LogP contribution in [0.2, 0.25) is 0 Å². The minimum absolute atomic E-state index is 0.0787. The molecule has 1 atom stereocenters. The molecule has 0 bridgehead atoms. The predicted molar refractivity (Wildman–Crippen MR) is 181 cm³/mol. The monoisotopic (exact) mass is 698 g/mol. The minimum Gasteiger partial charge on any atom is -0.479 e. The Morgan fingerprint density at radius 3 is 2.40 bits per heavy atom. The first-order chi connectivity index (χ1) is 23.0. The van der Waals surface area contributed by atoms with Crippen molar-refractivity contribution in [3.63, 3.8) is 0 Å². The van der Waals surface area contributed by atoms with Crippen LogP contribution in [-0.4, -0.2) is 70.7 Å². The molecule has 0 saturated carbocycles. The first-order valence-electron chi connectivity index (χ1n) is 15.5. The van der Waals surface area contributed by atoms with E-state index in [4.69, 9.17) is 9.72 Å². The van der Waals surface area contributed by atoms with Gasteiger partial charge in [0.1, 0.15) is 10.8 Å². The van der Waals surface area contributed by atoms with E-state index in [1.165, 1.54) is 36.0 Å². The summed E-state index contributed by atoms with van der Waals surface area (Å²) in [6.07, 6.45) is -4.62. The summed E-state index contributed by atoms with van der Waals surface area (Å²) in [5.41, 5.74) is 2.75. The molecule has 1 aliphatic heterocycles. The normalized spacial score (nSPS) is 14.5. The van der Waals surface area contributed by atoms with Gasteiger partial charge in [-0.05, 0) is 61.7 Å². The van der Waals surface area contributed by atoms with E-state index in [9.17, 15) is 27.9 Å². The van der Waals surface area contributed by atoms with Crippen LogP contribution in [0.4, 0.5) is 18.0 Å². The number of halogens is 3. The van der Waals surface area contributed by atoms with Gasteiger partial charge in [0.05, 0.1) is 11.3 Å². The van der Waals surface area contributed by atoms with Crippen molar-refractivity contribution in [2.45, 2.75) is 49.7 Å². The van der Waals surface area contributed by atoms with Crippen LogP contribution < -0.4 is 10.1 Å². The standard InChI is InChI=1S/C35H37F3N4O4S2/c1-23-20-28(12-13-30(23)46-24(2)33(43)44)47-22-31-29(40-32(48-31)26-8-10-27(11-9-26)35(36,37)38)21-41-16-18-42(19-17-41)34(45)39-15-14-25-6-4-3-5-7-25/h3-13,20,24H,14-19,21-22H2,1-2H3,(H,39,45)(H,43,44). The molecule has 0 radical (unpaired) electrons. The Labute approximate surface area is 285 Å². The average Bonchev–Trinajstić information content (AvgIpc) is 3.47. The van der Waals surface area contributed by atoms with Gasteiger partial charge >= 0.3 is 18.2 Å². The maximum Gasteiger partial charge on any atom is 0.416 e. The summed E-state index contributed by atoms with van der Waals surface area (Å²) in [6, 6.07) is 20.6. The molecule has 5 rings (SSSR count). The molecule has 1 aromatic heterocycles. The number of thioether (sulfide) groups is 1. The van der Waals surface area contributed by atoms with Gasteiger partial charge in [0, 0.05) is 60.4 Å². The number of thiazole rings is 1. The molecule has 4 aromatic rings. The molecule has 2 heterocycles. The van der Waals surface area contributed by atoms with Crippen molar-refractivity contribution in [3.05, 3.63) is 100 Å². The number of rotatable bonds is 12. The van der Waals surface area contributed by atoms with E-state index in [1.54, 1.807) is 17.8 Å². The van der Waals surface area contributed by atoms with Crippen LogP contribution in [0.25, 0.3) is 10.6 Å². The van der Waals surface area contributed by atoms with Crippen LogP contribution >= 0.6 is 23.1 Å². The Hall–Kier alpha value is -4.07. The molecule has 0 aliphatic carbocycles. The molecular weight excluding hydrogens is 662 g/mol. The molecule has 1 aliphatic rings. The van der Waals surface area contributed by atoms with Crippen molar-refractivity contribution in [2.75, 3.05) is 32.7 Å². The lowest BCUT2D eigenvalue weighted by Gasteiger charge is -2.34. The Morgan fingerprint density at radius 2 is 1.75 bits per heavy atom. The van der Waals surface area contributed by atoms with Crippen LogP contribution in [0.3, 0.4) is 0 Å². The number of carbonyl (C=O) groups is 2. The molecule has 2 amide bonds. The lowest BCUT2D eigenvalue weighted by molar-refractivity contribution is -0.144. The number of hydrogen-bond acceptors (Lipinski definition) is 7. The van der Waals surface area contributed by atoms with E-state index < -0.39 is 23.8 Å². The van der Waals surface area contributed by atoms with Crippen molar-refractivity contribution in [2.24, 2.45) is 0 Å². The number of alkyl halides is 3. The van der Waals surface area contributed by atoms with Crippen LogP contribution in [0.15, 0.2) is 77.7 Å². The van der Waals surface area contributed by atoms with Crippen molar-refractivity contribution in [3.8, 4) is 16.3 Å². The molecule has 1 fully saturated rings. The third-order valence-electron chi connectivity index (χ3n) is 7.97. The average molecular weight is 699 g/mol. The maximum absolute atomic E-state index is 13.2. The van der Waals surface area contributed by atoms with Crippen molar-refractivity contribution in [1.29, 1.82) is 0 Å². The number of nitrogens with zero attached hydrogens (tertiary/aromatic N) is 3. The lowest BCUT2D eigenvalue weighted by atomic mass is 10.1. The topological polar surface area (TPSA) is 95.0 Å². The number of hydrogen-bond donors (Lipinski definition) is 2. The summed E-state index contributed by atoms with van der Waals surface area (Å²) in [7, 11) is 0. The molecule has 0 spiro atoms. The number of carbonyl (C=O) groups excluding carboxylic acids is 1. The summed E-state index contributed by atoms with van der Waals surface area (Å²) in [4.78, 5) is 34.9. The van der Waals surface area contributed by atoms with E-state index >= 15 is 0 Å². The molecule has 254 valence electrons. The number of aryl methyl sites for hydroxylation is 1. The number of amides is 2. The van der Waals surface area contributed by atoms with Gasteiger partial charge < -0.3 is 20.1 Å². The lowest BCUT2D eigenvalue weighted by Crippen LogP contribution is -2.51. The second-order valence-corrected chi connectivity index (χ2v) is 13.6. The van der Waals surface area contributed by atoms with E-state index in [1.807, 2.05) is 54.3 Å². The van der Waals surface area contributed by atoms with Crippen LogP contribution in [0.1, 0.15) is 34.2 Å². The number of piperazine rings is 1. The molecule has 2 N–H and O–H groups in total. The zero-order chi connectivity index (χ0) is 34.3. The highest BCUT2D eigenvalue weighted by Crippen LogP contribution is 2.36. The van der Waals surface area contributed by atoms with Gasteiger partial charge in [0.15, 0.2) is 6.10 Å². The second kappa shape index (κ2) is 15.9. The SMILES string of the molecule is Cc1cc(SCc2sc(-c3ccc(C(F)(F)F)cc3)nc2CN2CCN(C(=O)NCCc3ccccc3)CC2)ccc1OC(C)C(=O)O. The third kappa shape index (κ3) is 9.51. The molecule has 8 nitrogen and oxygen atoms in total. The fourth-order valence-corrected chi connectivity index (χ4v) is 7.34. The molecule has 1 unspecified atom stereocenters. The first-order valence-corrected chi connectivity index (χ1v) is 17.3. The Balaban J connectivity index is 1.24. The van der Waals surface area contributed by atoms with Gasteiger partial charge in [0.2, 0.25) is 0 Å². The number of benzene rings is 3. The number of carboxylic acids is 1. The first kappa shape index (κ1) is 35.2. The summed E-state index contributed by atoms with van der Waals surface area (Å²) >= 11 is 3.05. The number of carboxylic acid groups (broad SMARTS) is 1. The predicted octanol–water partition coefficient (Wildman–Crippen LogP) is 7.35. The Bertz CT molecular complexity index is 1690. The summed E-state index contributed by atoms with van der Waals surface area (Å²) < 4.78 is 45.1. The van der Waals surface area contributed by atoms with Gasteiger partial charge in [-0.25, -0.2) is 14.6 Å². The Kier molecular flexibility index (Phi) is 11.7. The number of ether oxygens (including phenoxy) is 1. The Morgan fingerprint density at radius 1 is 1.04 bits per heavy atom. The van der Waals surface area contributed by atoms with E-state index in [0.717, 1.165) is 39.6 Å². The number of nitrogens with one attached hydrogen (secondary N) is 1. The third-order valence-corrected chi connectivity index (χ3v) is 10.3. The highest BCUT2D eigenvalue weighted by Gasteiger charge is 2.30. The maximum atomic E-state index is 13.2. The van der Waals surface area contributed by atoms with Crippen LogP contribution in [-0.2, 0) is 29.7 Å². The largest absolute Gasteiger partial charge is 0.479 e. The molecule has 3 aromatic carbocycles. The quantitative estimate of drug-likeness (QED) is 0.150. The van der Waals surface area contributed by atoms with Crippen LogP contribution in [0, 0.1) is 6.92 Å².